The molecule has 0 radical (unpaired) electrons. The molecule has 2 rings (SSSR count). The summed E-state index contributed by atoms with van der Waals surface area (Å²) in [6, 6.07) is 6.11. The molecule has 1 aromatic rings. The van der Waals surface area contributed by atoms with Gasteiger partial charge in [-0.15, -0.1) is 0 Å². The zero-order valence-corrected chi connectivity index (χ0v) is 9.03. The summed E-state index contributed by atoms with van der Waals surface area (Å²) in [4.78, 5) is 0. The van der Waals surface area contributed by atoms with E-state index in [1.54, 1.807) is 0 Å². The second kappa shape index (κ2) is 4.64. The Morgan fingerprint density at radius 2 is 2.40 bits per heavy atom. The van der Waals surface area contributed by atoms with Crippen LogP contribution >= 0.6 is 0 Å². The maximum atomic E-state index is 6.03. The van der Waals surface area contributed by atoms with Crippen molar-refractivity contribution in [2.24, 2.45) is 5.73 Å². The van der Waals surface area contributed by atoms with E-state index in [1.165, 1.54) is 11.1 Å². The van der Waals surface area contributed by atoms with E-state index < -0.39 is 0 Å². The number of rotatable bonds is 2. The number of nitrogens with two attached hydrogens (primary N) is 1. The van der Waals surface area contributed by atoms with Crippen LogP contribution in [0.25, 0.3) is 0 Å². The molecule has 1 atom stereocenters. The summed E-state index contributed by atoms with van der Waals surface area (Å²) in [5.41, 5.74) is 8.48. The highest BCUT2D eigenvalue weighted by molar-refractivity contribution is 5.38. The third-order valence-corrected chi connectivity index (χ3v) is 2.64. The average Bonchev–Trinajstić information content (AvgIpc) is 2.42. The largest absolute Gasteiger partial charge is 0.494 e. The van der Waals surface area contributed by atoms with Crippen LogP contribution in [-0.2, 0) is 11.2 Å². The Labute approximate surface area is 90.2 Å². The van der Waals surface area contributed by atoms with Gasteiger partial charge in [-0.05, 0) is 36.6 Å². The monoisotopic (exact) mass is 207 g/mol. The first kappa shape index (κ1) is 10.5. The molecule has 0 spiro atoms. The van der Waals surface area contributed by atoms with Crippen molar-refractivity contribution in [2.75, 3.05) is 19.8 Å². The fourth-order valence-corrected chi connectivity index (χ4v) is 1.88. The van der Waals surface area contributed by atoms with Crippen LogP contribution in [0.1, 0.15) is 24.1 Å². The highest BCUT2D eigenvalue weighted by atomic mass is 16.5. The second-order valence-electron chi connectivity index (χ2n) is 3.73. The van der Waals surface area contributed by atoms with Crippen LogP contribution in [-0.4, -0.2) is 19.8 Å². The molecule has 0 saturated heterocycles. The summed E-state index contributed by atoms with van der Waals surface area (Å²) in [6.45, 7) is 4.02. The molecule has 1 aliphatic rings. The zero-order valence-electron chi connectivity index (χ0n) is 9.03. The summed E-state index contributed by atoms with van der Waals surface area (Å²) in [5, 5.41) is 0. The summed E-state index contributed by atoms with van der Waals surface area (Å²) in [6.07, 6.45) is 0.940. The van der Waals surface area contributed by atoms with Gasteiger partial charge in [0.25, 0.3) is 0 Å². The lowest BCUT2D eigenvalue weighted by atomic mass is 10.00. The van der Waals surface area contributed by atoms with E-state index in [-0.39, 0.29) is 6.04 Å². The molecule has 3 nitrogen and oxygen atoms in total. The van der Waals surface area contributed by atoms with Crippen LogP contribution in [0.5, 0.6) is 5.75 Å². The third-order valence-electron chi connectivity index (χ3n) is 2.64. The van der Waals surface area contributed by atoms with Gasteiger partial charge in [-0.3, -0.25) is 0 Å². The lowest BCUT2D eigenvalue weighted by Crippen LogP contribution is -2.16. The van der Waals surface area contributed by atoms with E-state index in [4.69, 9.17) is 15.2 Å². The Kier molecular flexibility index (Phi) is 3.23. The number of fused-ring (bicyclic) bond motifs is 1. The minimum absolute atomic E-state index is 0.0251. The highest BCUT2D eigenvalue weighted by Crippen LogP contribution is 2.25. The Balaban J connectivity index is 2.31. The molecule has 1 heterocycles. The molecule has 3 heteroatoms. The molecule has 0 saturated carbocycles. The molecule has 0 aromatic heterocycles. The minimum atomic E-state index is -0.0251. The average molecular weight is 207 g/mol. The smallest absolute Gasteiger partial charge is 0.119 e. The number of ether oxygens (including phenoxy) is 2. The van der Waals surface area contributed by atoms with Gasteiger partial charge in [-0.25, -0.2) is 0 Å². The van der Waals surface area contributed by atoms with Crippen LogP contribution in [0.3, 0.4) is 0 Å². The molecular formula is C12H17NO2. The topological polar surface area (TPSA) is 44.5 Å². The van der Waals surface area contributed by atoms with Crippen molar-refractivity contribution in [2.45, 2.75) is 19.4 Å². The molecule has 0 fully saturated rings. The van der Waals surface area contributed by atoms with Gasteiger partial charge in [0.15, 0.2) is 0 Å². The first-order valence-corrected chi connectivity index (χ1v) is 5.40. The van der Waals surface area contributed by atoms with Crippen LogP contribution in [0.15, 0.2) is 18.2 Å². The minimum Gasteiger partial charge on any atom is -0.494 e. The molecule has 1 aromatic carbocycles. The molecular weight excluding hydrogens is 190 g/mol. The maximum absolute atomic E-state index is 6.03. The molecule has 1 aliphatic heterocycles. The number of hydrogen-bond acceptors (Lipinski definition) is 3. The Bertz CT molecular complexity index is 338. The normalized spacial score (nSPS) is 20.5. The van der Waals surface area contributed by atoms with Gasteiger partial charge >= 0.3 is 0 Å². The van der Waals surface area contributed by atoms with E-state index in [1.807, 2.05) is 19.1 Å². The van der Waals surface area contributed by atoms with Gasteiger partial charge < -0.3 is 15.2 Å². The fraction of sp³-hybridized carbons (Fsp3) is 0.500. The molecule has 2 N–H and O–H groups in total. The third kappa shape index (κ3) is 2.30. The standard InChI is InChI=1S/C12H17NO2/c1-2-15-10-4-3-9-5-6-14-8-12(13)11(9)7-10/h3-4,7,12H,2,5-6,8,13H2,1H3. The highest BCUT2D eigenvalue weighted by Gasteiger charge is 2.15. The van der Waals surface area contributed by atoms with E-state index >= 15 is 0 Å². The van der Waals surface area contributed by atoms with E-state index in [9.17, 15) is 0 Å². The van der Waals surface area contributed by atoms with E-state index in [0.717, 1.165) is 18.8 Å². The van der Waals surface area contributed by atoms with Crippen molar-refractivity contribution in [3.63, 3.8) is 0 Å². The number of benzene rings is 1. The van der Waals surface area contributed by atoms with Crippen LogP contribution < -0.4 is 10.5 Å². The molecule has 0 aliphatic carbocycles. The van der Waals surface area contributed by atoms with E-state index in [0.29, 0.717) is 13.2 Å². The Morgan fingerprint density at radius 1 is 1.53 bits per heavy atom. The summed E-state index contributed by atoms with van der Waals surface area (Å²) < 4.78 is 10.9. The first-order chi connectivity index (χ1) is 7.31. The summed E-state index contributed by atoms with van der Waals surface area (Å²) in [7, 11) is 0. The van der Waals surface area contributed by atoms with Crippen molar-refractivity contribution < 1.29 is 9.47 Å². The van der Waals surface area contributed by atoms with Crippen molar-refractivity contribution in [3.05, 3.63) is 29.3 Å². The molecule has 15 heavy (non-hydrogen) atoms. The molecule has 1 unspecified atom stereocenters. The van der Waals surface area contributed by atoms with Crippen LogP contribution in [0.2, 0.25) is 0 Å². The zero-order chi connectivity index (χ0) is 10.7. The van der Waals surface area contributed by atoms with Gasteiger partial charge in [0, 0.05) is 0 Å². The Hall–Kier alpha value is -1.06. The predicted molar refractivity (Wildman–Crippen MR) is 59.1 cm³/mol. The SMILES string of the molecule is CCOc1ccc2c(c1)C(N)COCC2. The van der Waals surface area contributed by atoms with E-state index in [2.05, 4.69) is 6.07 Å². The van der Waals surface area contributed by atoms with Crippen molar-refractivity contribution in [1.29, 1.82) is 0 Å². The lowest BCUT2D eigenvalue weighted by Gasteiger charge is -2.13. The molecule has 0 amide bonds. The van der Waals surface area contributed by atoms with Gasteiger partial charge in [0.2, 0.25) is 0 Å². The maximum Gasteiger partial charge on any atom is 0.119 e. The summed E-state index contributed by atoms with van der Waals surface area (Å²) >= 11 is 0. The van der Waals surface area contributed by atoms with Crippen LogP contribution in [0.4, 0.5) is 0 Å². The molecule has 0 bridgehead atoms. The second-order valence-corrected chi connectivity index (χ2v) is 3.73. The van der Waals surface area contributed by atoms with Gasteiger partial charge in [-0.2, -0.15) is 0 Å². The van der Waals surface area contributed by atoms with Gasteiger partial charge in [-0.1, -0.05) is 6.07 Å². The lowest BCUT2D eigenvalue weighted by molar-refractivity contribution is 0.131. The van der Waals surface area contributed by atoms with Crippen LogP contribution in [0, 0.1) is 0 Å². The first-order valence-electron chi connectivity index (χ1n) is 5.40. The van der Waals surface area contributed by atoms with Gasteiger partial charge in [0.1, 0.15) is 5.75 Å². The van der Waals surface area contributed by atoms with Crippen molar-refractivity contribution >= 4 is 0 Å². The fourth-order valence-electron chi connectivity index (χ4n) is 1.88. The number of hydrogen-bond donors (Lipinski definition) is 1. The van der Waals surface area contributed by atoms with Gasteiger partial charge in [0.05, 0.1) is 25.9 Å². The molecule has 82 valence electrons. The predicted octanol–water partition coefficient (Wildman–Crippen LogP) is 1.66. The quantitative estimate of drug-likeness (QED) is 0.802. The summed E-state index contributed by atoms with van der Waals surface area (Å²) in [5.74, 6) is 0.897. The van der Waals surface area contributed by atoms with Crippen molar-refractivity contribution in [1.82, 2.24) is 0 Å². The van der Waals surface area contributed by atoms with Crippen molar-refractivity contribution in [3.8, 4) is 5.75 Å². The Morgan fingerprint density at radius 3 is 3.20 bits per heavy atom.